The maximum absolute atomic E-state index is 6.16. The average molecular weight is 334 g/mol. The molecule has 0 amide bonds. The van der Waals surface area contributed by atoms with Crippen LogP contribution in [0.5, 0.6) is 0 Å². The number of fused-ring (bicyclic) bond motifs is 2. The molecule has 0 spiro atoms. The van der Waals surface area contributed by atoms with Crippen molar-refractivity contribution >= 4 is 41.5 Å². The zero-order chi connectivity index (χ0) is 15.9. The van der Waals surface area contributed by atoms with Crippen LogP contribution >= 0.6 is 7.92 Å². The number of aryl methyl sites for hydroxylation is 1. The van der Waals surface area contributed by atoms with Gasteiger partial charge in [-0.2, -0.15) is 0 Å². The van der Waals surface area contributed by atoms with E-state index in [0.29, 0.717) is 0 Å². The first-order chi connectivity index (χ1) is 11.9. The van der Waals surface area contributed by atoms with Gasteiger partial charge in [-0.1, -0.05) is 24.3 Å². The normalized spacial score (nSPS) is 14.8. The second-order valence-electron chi connectivity index (χ2n) is 5.82. The number of hydrogen-bond acceptors (Lipinski definition) is 3. The zero-order valence-electron chi connectivity index (χ0n) is 12.9. The monoisotopic (exact) mass is 334 g/mol. The number of allylic oxidation sites excluding steroid dienone is 1. The Kier molecular flexibility index (Phi) is 3.20. The van der Waals surface area contributed by atoms with E-state index in [4.69, 9.17) is 13.3 Å². The predicted molar refractivity (Wildman–Crippen MR) is 96.8 cm³/mol. The molecule has 3 aromatic heterocycles. The van der Waals surface area contributed by atoms with Crippen molar-refractivity contribution in [3.8, 4) is 0 Å². The Morgan fingerprint density at radius 3 is 2.62 bits per heavy atom. The Balaban J connectivity index is 1.68. The first kappa shape index (κ1) is 13.9. The highest BCUT2D eigenvalue weighted by atomic mass is 31.1. The van der Waals surface area contributed by atoms with Gasteiger partial charge in [0.15, 0.2) is 0 Å². The van der Waals surface area contributed by atoms with Crippen LogP contribution in [0.4, 0.5) is 0 Å². The number of rotatable bonds is 3. The van der Waals surface area contributed by atoms with Gasteiger partial charge in [-0.25, -0.2) is 0 Å². The fourth-order valence-electron chi connectivity index (χ4n) is 3.10. The van der Waals surface area contributed by atoms with Crippen LogP contribution in [-0.4, -0.2) is 0 Å². The molecule has 0 fully saturated rings. The third kappa shape index (κ3) is 2.24. The van der Waals surface area contributed by atoms with Crippen LogP contribution in [0.2, 0.25) is 0 Å². The highest BCUT2D eigenvalue weighted by molar-refractivity contribution is 7.78. The van der Waals surface area contributed by atoms with E-state index in [1.165, 1.54) is 5.56 Å². The topological polar surface area (TPSA) is 39.4 Å². The largest absolute Gasteiger partial charge is 0.464 e. The maximum atomic E-state index is 6.16. The quantitative estimate of drug-likeness (QED) is 0.523. The summed E-state index contributed by atoms with van der Waals surface area (Å²) < 4.78 is 18.0. The first-order valence-electron chi connectivity index (χ1n) is 8.00. The van der Waals surface area contributed by atoms with Crippen LogP contribution in [0.3, 0.4) is 0 Å². The molecule has 1 unspecified atom stereocenters. The summed E-state index contributed by atoms with van der Waals surface area (Å²) in [5, 5.41) is 1.10. The van der Waals surface area contributed by atoms with Gasteiger partial charge >= 0.3 is 0 Å². The molecule has 24 heavy (non-hydrogen) atoms. The van der Waals surface area contributed by atoms with E-state index in [1.54, 1.807) is 6.26 Å². The Labute approximate surface area is 140 Å². The standard InChI is InChI=1S/C20H15O3P/c1-3-8-16-14(6-1)12-19(22-16)24(18-10-5-11-21-18)20-13-15-7-2-4-9-17(15)23-20/h1,3-6,8-13H,2,7H2. The summed E-state index contributed by atoms with van der Waals surface area (Å²) in [5.74, 6) is 0.964. The van der Waals surface area contributed by atoms with E-state index in [0.717, 1.165) is 46.1 Å². The van der Waals surface area contributed by atoms with Gasteiger partial charge in [0.25, 0.3) is 0 Å². The zero-order valence-corrected chi connectivity index (χ0v) is 13.8. The molecule has 0 N–H and O–H groups in total. The van der Waals surface area contributed by atoms with Crippen molar-refractivity contribution in [3.05, 3.63) is 72.2 Å². The smallest absolute Gasteiger partial charge is 0.142 e. The molecule has 0 saturated carbocycles. The van der Waals surface area contributed by atoms with Gasteiger partial charge in [0.05, 0.1) is 6.26 Å². The summed E-state index contributed by atoms with van der Waals surface area (Å²) in [6.45, 7) is 0. The molecule has 1 atom stereocenters. The minimum Gasteiger partial charge on any atom is -0.464 e. The van der Waals surface area contributed by atoms with Crippen molar-refractivity contribution < 1.29 is 13.3 Å². The molecule has 1 aliphatic carbocycles. The summed E-state index contributed by atoms with van der Waals surface area (Å²) in [5.41, 5.74) is 4.87. The molecule has 3 nitrogen and oxygen atoms in total. The van der Waals surface area contributed by atoms with Crippen LogP contribution in [0.25, 0.3) is 17.0 Å². The number of furan rings is 3. The summed E-state index contributed by atoms with van der Waals surface area (Å²) in [4.78, 5) is 0. The molecule has 1 aliphatic rings. The third-order valence-corrected chi connectivity index (χ3v) is 6.28. The van der Waals surface area contributed by atoms with Crippen molar-refractivity contribution in [1.29, 1.82) is 0 Å². The molecule has 4 heteroatoms. The fraction of sp³-hybridized carbons (Fsp3) is 0.100. The van der Waals surface area contributed by atoms with E-state index in [9.17, 15) is 0 Å². The van der Waals surface area contributed by atoms with Gasteiger partial charge in [0.1, 0.15) is 35.8 Å². The molecule has 0 bridgehead atoms. The lowest BCUT2D eigenvalue weighted by Gasteiger charge is -2.08. The van der Waals surface area contributed by atoms with Crippen LogP contribution in [0, 0.1) is 0 Å². The van der Waals surface area contributed by atoms with Crippen molar-refractivity contribution in [1.82, 2.24) is 0 Å². The second kappa shape index (κ2) is 5.54. The SMILES string of the molecule is C1=Cc2oc(P(c3ccco3)c3cc4ccccc4o3)cc2CC1. The van der Waals surface area contributed by atoms with E-state index >= 15 is 0 Å². The molecule has 4 aromatic rings. The molecule has 1 aromatic carbocycles. The number of para-hydroxylation sites is 1. The van der Waals surface area contributed by atoms with E-state index in [1.807, 2.05) is 30.3 Å². The Morgan fingerprint density at radius 1 is 0.875 bits per heavy atom. The molecular formula is C20H15O3P. The average Bonchev–Trinajstić information content (AvgIpc) is 3.34. The van der Waals surface area contributed by atoms with Crippen LogP contribution in [0.15, 0.2) is 74.1 Å². The molecule has 3 heterocycles. The lowest BCUT2D eigenvalue weighted by molar-refractivity contribution is 0.579. The van der Waals surface area contributed by atoms with Crippen molar-refractivity contribution in [2.45, 2.75) is 12.8 Å². The minimum absolute atomic E-state index is 0.888. The highest BCUT2D eigenvalue weighted by Gasteiger charge is 2.28. The summed E-state index contributed by atoms with van der Waals surface area (Å²) in [7, 11) is -0.969. The lowest BCUT2D eigenvalue weighted by atomic mass is 10.1. The van der Waals surface area contributed by atoms with Gasteiger partial charge in [0.2, 0.25) is 0 Å². The fourth-order valence-corrected chi connectivity index (χ4v) is 5.09. The summed E-state index contributed by atoms with van der Waals surface area (Å²) >= 11 is 0. The molecule has 118 valence electrons. The molecule has 5 rings (SSSR count). The Hall–Kier alpha value is -2.51. The van der Waals surface area contributed by atoms with Gasteiger partial charge in [0, 0.05) is 5.39 Å². The van der Waals surface area contributed by atoms with Crippen molar-refractivity contribution in [3.63, 3.8) is 0 Å². The lowest BCUT2D eigenvalue weighted by Crippen LogP contribution is -2.17. The van der Waals surface area contributed by atoms with Gasteiger partial charge in [-0.05, 0) is 54.8 Å². The molecular weight excluding hydrogens is 319 g/mol. The Morgan fingerprint density at radius 2 is 1.79 bits per heavy atom. The van der Waals surface area contributed by atoms with Gasteiger partial charge in [-0.3, -0.25) is 0 Å². The highest BCUT2D eigenvalue weighted by Crippen LogP contribution is 2.37. The number of hydrogen-bond donors (Lipinski definition) is 0. The van der Waals surface area contributed by atoms with E-state index < -0.39 is 7.92 Å². The number of benzene rings is 1. The maximum Gasteiger partial charge on any atom is 0.142 e. The van der Waals surface area contributed by atoms with Gasteiger partial charge in [-0.15, -0.1) is 0 Å². The molecule has 0 aliphatic heterocycles. The summed E-state index contributed by atoms with van der Waals surface area (Å²) in [6, 6.07) is 16.2. The Bertz CT molecular complexity index is 987. The van der Waals surface area contributed by atoms with Gasteiger partial charge < -0.3 is 13.3 Å². The third-order valence-electron chi connectivity index (χ3n) is 4.26. The van der Waals surface area contributed by atoms with E-state index in [-0.39, 0.29) is 0 Å². The summed E-state index contributed by atoms with van der Waals surface area (Å²) in [6.07, 6.45) is 8.02. The van der Waals surface area contributed by atoms with Crippen LogP contribution in [0.1, 0.15) is 17.7 Å². The van der Waals surface area contributed by atoms with Crippen LogP contribution in [-0.2, 0) is 6.42 Å². The molecule has 0 saturated heterocycles. The predicted octanol–water partition coefficient (Wildman–Crippen LogP) is 4.34. The van der Waals surface area contributed by atoms with Crippen molar-refractivity contribution in [2.24, 2.45) is 0 Å². The molecule has 0 radical (unpaired) electrons. The minimum atomic E-state index is -0.969. The van der Waals surface area contributed by atoms with Crippen molar-refractivity contribution in [2.75, 3.05) is 0 Å². The first-order valence-corrected chi connectivity index (χ1v) is 9.34. The second-order valence-corrected chi connectivity index (χ2v) is 7.82. The van der Waals surface area contributed by atoms with E-state index in [2.05, 4.69) is 30.4 Å². The van der Waals surface area contributed by atoms with Crippen LogP contribution < -0.4 is 16.5 Å².